The van der Waals surface area contributed by atoms with E-state index >= 15 is 0 Å². The van der Waals surface area contributed by atoms with Gasteiger partial charge in [0.1, 0.15) is 0 Å². The zero-order valence-electron chi connectivity index (χ0n) is 17.4. The number of amides is 1. The molecular formula is C26H22N2O3S. The standard InChI is InChI=1S/C26H22N2O3S/c29-24-13-12-21-11-8-18(15-23-25(30)27-26(31)32-23)14-22(21)28(24)16-17-6-9-20(10-7-17)19-4-2-1-3-5-19/h1-11,14,30H,12-13,15-16H2,(H,27,31). The molecule has 3 aromatic carbocycles. The summed E-state index contributed by atoms with van der Waals surface area (Å²) in [5.74, 6) is 0.0279. The van der Waals surface area contributed by atoms with Gasteiger partial charge in [-0.15, -0.1) is 0 Å². The number of carbonyl (C=O) groups is 1. The number of hydrogen-bond donors (Lipinski definition) is 2. The minimum absolute atomic E-state index is 0.0795. The first kappa shape index (κ1) is 20.3. The summed E-state index contributed by atoms with van der Waals surface area (Å²) in [4.78, 5) is 28.9. The number of nitrogens with zero attached hydrogens (tertiary/aromatic N) is 1. The summed E-state index contributed by atoms with van der Waals surface area (Å²) < 4.78 is 0. The number of aromatic nitrogens is 1. The molecule has 5 rings (SSSR count). The Bertz CT molecular complexity index is 1320. The molecule has 0 spiro atoms. The Morgan fingerprint density at radius 2 is 1.59 bits per heavy atom. The quantitative estimate of drug-likeness (QED) is 0.463. The van der Waals surface area contributed by atoms with E-state index in [1.165, 1.54) is 5.56 Å². The highest BCUT2D eigenvalue weighted by Gasteiger charge is 2.25. The van der Waals surface area contributed by atoms with Gasteiger partial charge in [-0.25, -0.2) is 0 Å². The third kappa shape index (κ3) is 4.09. The number of fused-ring (bicyclic) bond motifs is 1. The fraction of sp³-hybridized carbons (Fsp3) is 0.154. The normalized spacial score (nSPS) is 13.2. The molecular weight excluding hydrogens is 420 g/mol. The van der Waals surface area contributed by atoms with Crippen LogP contribution in [0.3, 0.4) is 0 Å². The van der Waals surface area contributed by atoms with E-state index < -0.39 is 0 Å². The summed E-state index contributed by atoms with van der Waals surface area (Å²) in [6.45, 7) is 0.507. The van der Waals surface area contributed by atoms with Gasteiger partial charge in [-0.1, -0.05) is 78.1 Å². The smallest absolute Gasteiger partial charge is 0.307 e. The Labute approximate surface area is 189 Å². The van der Waals surface area contributed by atoms with E-state index in [0.717, 1.165) is 45.7 Å². The van der Waals surface area contributed by atoms with Crippen LogP contribution in [-0.4, -0.2) is 16.0 Å². The maximum Gasteiger partial charge on any atom is 0.307 e. The van der Waals surface area contributed by atoms with Crippen LogP contribution in [0.25, 0.3) is 11.1 Å². The molecule has 0 unspecified atom stereocenters. The molecule has 0 fully saturated rings. The van der Waals surface area contributed by atoms with Crippen LogP contribution in [0, 0.1) is 0 Å². The van der Waals surface area contributed by atoms with Crippen LogP contribution in [0.15, 0.2) is 77.6 Å². The van der Waals surface area contributed by atoms with Crippen LogP contribution in [0.2, 0.25) is 0 Å². The topological polar surface area (TPSA) is 73.4 Å². The number of anilines is 1. The van der Waals surface area contributed by atoms with Crippen LogP contribution in [0.1, 0.15) is 28.0 Å². The average molecular weight is 443 g/mol. The molecule has 2 heterocycles. The largest absolute Gasteiger partial charge is 0.494 e. The second-order valence-corrected chi connectivity index (χ2v) is 9.04. The first-order chi connectivity index (χ1) is 15.6. The van der Waals surface area contributed by atoms with Gasteiger partial charge in [0.25, 0.3) is 0 Å². The van der Waals surface area contributed by atoms with Gasteiger partial charge in [-0.3, -0.25) is 14.6 Å². The number of carbonyl (C=O) groups excluding carboxylic acids is 1. The third-order valence-electron chi connectivity index (χ3n) is 5.82. The molecule has 0 radical (unpaired) electrons. The number of aromatic hydroxyl groups is 1. The number of nitrogens with one attached hydrogen (secondary N) is 1. The number of H-pyrrole nitrogens is 1. The molecule has 1 aromatic heterocycles. The third-order valence-corrected chi connectivity index (χ3v) is 6.69. The minimum Gasteiger partial charge on any atom is -0.494 e. The molecule has 2 N–H and O–H groups in total. The number of aromatic amines is 1. The van der Waals surface area contributed by atoms with Crippen molar-refractivity contribution in [2.45, 2.75) is 25.8 Å². The van der Waals surface area contributed by atoms with Gasteiger partial charge in [-0.2, -0.15) is 0 Å². The summed E-state index contributed by atoms with van der Waals surface area (Å²) in [6, 6.07) is 24.6. The van der Waals surface area contributed by atoms with Gasteiger partial charge < -0.3 is 10.0 Å². The zero-order chi connectivity index (χ0) is 22.1. The molecule has 0 saturated heterocycles. The lowest BCUT2D eigenvalue weighted by Gasteiger charge is -2.30. The van der Waals surface area contributed by atoms with Crippen molar-refractivity contribution in [3.63, 3.8) is 0 Å². The molecule has 6 heteroatoms. The molecule has 1 aliphatic rings. The fourth-order valence-corrected chi connectivity index (χ4v) is 4.90. The predicted molar refractivity (Wildman–Crippen MR) is 127 cm³/mol. The zero-order valence-corrected chi connectivity index (χ0v) is 18.2. The molecule has 0 saturated carbocycles. The Hall–Kier alpha value is -3.64. The van der Waals surface area contributed by atoms with E-state index in [9.17, 15) is 14.7 Å². The Morgan fingerprint density at radius 1 is 0.875 bits per heavy atom. The molecule has 1 amide bonds. The van der Waals surface area contributed by atoms with Crippen molar-refractivity contribution in [2.75, 3.05) is 4.90 Å². The summed E-state index contributed by atoms with van der Waals surface area (Å²) in [5.41, 5.74) is 6.38. The van der Waals surface area contributed by atoms with E-state index in [2.05, 4.69) is 47.4 Å². The van der Waals surface area contributed by atoms with E-state index in [-0.39, 0.29) is 16.7 Å². The lowest BCUT2D eigenvalue weighted by atomic mass is 9.97. The molecule has 160 valence electrons. The number of hydrogen-bond acceptors (Lipinski definition) is 4. The van der Waals surface area contributed by atoms with Crippen molar-refractivity contribution in [3.8, 4) is 17.0 Å². The molecule has 0 aliphatic carbocycles. The molecule has 4 aromatic rings. The number of rotatable bonds is 5. The number of benzene rings is 3. The average Bonchev–Trinajstić information content (AvgIpc) is 3.13. The van der Waals surface area contributed by atoms with Gasteiger partial charge in [0.2, 0.25) is 11.8 Å². The van der Waals surface area contributed by atoms with E-state index in [1.54, 1.807) is 0 Å². The lowest BCUT2D eigenvalue weighted by Crippen LogP contribution is -2.34. The van der Waals surface area contributed by atoms with Crippen LogP contribution in [-0.2, 0) is 24.2 Å². The first-order valence-corrected chi connectivity index (χ1v) is 11.4. The van der Waals surface area contributed by atoms with Gasteiger partial charge in [0, 0.05) is 18.5 Å². The highest BCUT2D eigenvalue weighted by molar-refractivity contribution is 7.09. The van der Waals surface area contributed by atoms with Crippen molar-refractivity contribution in [1.29, 1.82) is 0 Å². The maximum atomic E-state index is 12.8. The molecule has 0 bridgehead atoms. The molecule has 0 atom stereocenters. The van der Waals surface area contributed by atoms with Gasteiger partial charge in [0.05, 0.1) is 11.4 Å². The van der Waals surface area contributed by atoms with Crippen molar-refractivity contribution in [2.24, 2.45) is 0 Å². The van der Waals surface area contributed by atoms with Crippen LogP contribution in [0.5, 0.6) is 5.88 Å². The van der Waals surface area contributed by atoms with Crippen LogP contribution >= 0.6 is 11.3 Å². The highest BCUT2D eigenvalue weighted by Crippen LogP contribution is 2.32. The van der Waals surface area contributed by atoms with E-state index in [1.807, 2.05) is 35.2 Å². The minimum atomic E-state index is -0.272. The maximum absolute atomic E-state index is 12.8. The fourth-order valence-electron chi connectivity index (χ4n) is 4.14. The monoisotopic (exact) mass is 442 g/mol. The first-order valence-electron chi connectivity index (χ1n) is 10.5. The lowest BCUT2D eigenvalue weighted by molar-refractivity contribution is -0.119. The number of thiazole rings is 1. The Kier molecular flexibility index (Phi) is 5.37. The molecule has 5 nitrogen and oxygen atoms in total. The van der Waals surface area contributed by atoms with Crippen LogP contribution < -0.4 is 9.77 Å². The second-order valence-electron chi connectivity index (χ2n) is 7.97. The van der Waals surface area contributed by atoms with Crippen molar-refractivity contribution in [3.05, 3.63) is 104 Å². The Balaban J connectivity index is 1.41. The van der Waals surface area contributed by atoms with Crippen molar-refractivity contribution < 1.29 is 9.90 Å². The van der Waals surface area contributed by atoms with Gasteiger partial charge >= 0.3 is 4.87 Å². The number of aryl methyl sites for hydroxylation is 1. The summed E-state index contributed by atoms with van der Waals surface area (Å²) in [6.07, 6.45) is 1.66. The second kappa shape index (κ2) is 8.48. The summed E-state index contributed by atoms with van der Waals surface area (Å²) >= 11 is 1.01. The summed E-state index contributed by atoms with van der Waals surface area (Å²) in [7, 11) is 0. The van der Waals surface area contributed by atoms with Crippen LogP contribution in [0.4, 0.5) is 5.69 Å². The highest BCUT2D eigenvalue weighted by atomic mass is 32.1. The van der Waals surface area contributed by atoms with E-state index in [4.69, 9.17) is 0 Å². The van der Waals surface area contributed by atoms with Crippen molar-refractivity contribution in [1.82, 2.24) is 4.98 Å². The van der Waals surface area contributed by atoms with Gasteiger partial charge in [-0.05, 0) is 40.3 Å². The van der Waals surface area contributed by atoms with Crippen molar-refractivity contribution >= 4 is 22.9 Å². The SMILES string of the molecule is O=C1CCc2ccc(Cc3sc(=O)[nH]c3O)cc2N1Cc1ccc(-c2ccccc2)cc1. The van der Waals surface area contributed by atoms with Gasteiger partial charge in [0.15, 0.2) is 0 Å². The molecule has 32 heavy (non-hydrogen) atoms. The molecule has 1 aliphatic heterocycles. The predicted octanol–water partition coefficient (Wildman–Crippen LogP) is 4.88. The Morgan fingerprint density at radius 3 is 2.31 bits per heavy atom. The summed E-state index contributed by atoms with van der Waals surface area (Å²) in [5, 5.41) is 9.92. The van der Waals surface area contributed by atoms with E-state index in [0.29, 0.717) is 24.3 Å².